The van der Waals surface area contributed by atoms with Crippen molar-refractivity contribution in [2.75, 3.05) is 32.6 Å². The molecule has 2 N–H and O–H groups in total. The molecular formula is C13H18N2O4. The summed E-state index contributed by atoms with van der Waals surface area (Å²) in [5.41, 5.74) is 1.75. The summed E-state index contributed by atoms with van der Waals surface area (Å²) in [5.74, 6) is -1.47. The summed E-state index contributed by atoms with van der Waals surface area (Å²) >= 11 is 0. The van der Waals surface area contributed by atoms with Crippen LogP contribution < -0.4 is 5.32 Å². The van der Waals surface area contributed by atoms with Gasteiger partial charge in [0.05, 0.1) is 0 Å². The zero-order valence-corrected chi connectivity index (χ0v) is 11.0. The maximum absolute atomic E-state index is 11.5. The lowest BCUT2D eigenvalue weighted by molar-refractivity contribution is -0.143. The molecule has 19 heavy (non-hydrogen) atoms. The van der Waals surface area contributed by atoms with Crippen molar-refractivity contribution in [2.45, 2.75) is 6.54 Å². The number of carboxylic acids is 1. The van der Waals surface area contributed by atoms with Crippen LogP contribution in [0.25, 0.3) is 0 Å². The zero-order valence-electron chi connectivity index (χ0n) is 11.0. The highest BCUT2D eigenvalue weighted by atomic mass is 16.5. The van der Waals surface area contributed by atoms with Crippen LogP contribution in [-0.2, 0) is 20.9 Å². The lowest BCUT2D eigenvalue weighted by atomic mass is 10.2. The average Bonchev–Trinajstić information content (AvgIpc) is 2.27. The first-order valence-electron chi connectivity index (χ1n) is 5.80. The van der Waals surface area contributed by atoms with E-state index in [4.69, 9.17) is 9.84 Å². The van der Waals surface area contributed by atoms with Crippen LogP contribution >= 0.6 is 0 Å². The predicted octanol–water partition coefficient (Wildman–Crippen LogP) is 0.788. The van der Waals surface area contributed by atoms with E-state index in [1.165, 1.54) is 0 Å². The minimum absolute atomic E-state index is 0.274. The largest absolute Gasteiger partial charge is 0.480 e. The molecule has 0 saturated heterocycles. The standard InChI is InChI=1S/C13H18N2O4/c1-15(2)7-10-4-3-5-11(6-10)14-12(16)8-19-9-13(17)18/h3-6H,7-9H2,1-2H3,(H,14,16)(H,17,18). The Kier molecular flexibility index (Phi) is 5.98. The third-order valence-electron chi connectivity index (χ3n) is 2.17. The molecule has 104 valence electrons. The van der Waals surface area contributed by atoms with Gasteiger partial charge in [-0.25, -0.2) is 4.79 Å². The Labute approximate surface area is 112 Å². The fraction of sp³-hybridized carbons (Fsp3) is 0.385. The molecule has 1 amide bonds. The Hall–Kier alpha value is -1.92. The molecule has 0 bridgehead atoms. The van der Waals surface area contributed by atoms with Gasteiger partial charge in [0.2, 0.25) is 5.91 Å². The van der Waals surface area contributed by atoms with E-state index in [1.54, 1.807) is 6.07 Å². The number of benzene rings is 1. The molecule has 0 unspecified atom stereocenters. The number of anilines is 1. The van der Waals surface area contributed by atoms with Crippen LogP contribution in [0, 0.1) is 0 Å². The molecular weight excluding hydrogens is 248 g/mol. The number of rotatable bonds is 7. The number of carbonyl (C=O) groups is 2. The van der Waals surface area contributed by atoms with Crippen LogP contribution in [-0.4, -0.2) is 49.2 Å². The average molecular weight is 266 g/mol. The first-order valence-corrected chi connectivity index (χ1v) is 5.80. The molecule has 0 aromatic heterocycles. The van der Waals surface area contributed by atoms with Gasteiger partial charge in [0, 0.05) is 12.2 Å². The van der Waals surface area contributed by atoms with Crippen molar-refractivity contribution in [1.82, 2.24) is 4.90 Å². The number of nitrogens with one attached hydrogen (secondary N) is 1. The van der Waals surface area contributed by atoms with Gasteiger partial charge in [-0.1, -0.05) is 12.1 Å². The molecule has 0 fully saturated rings. The van der Waals surface area contributed by atoms with E-state index in [1.807, 2.05) is 37.2 Å². The van der Waals surface area contributed by atoms with Gasteiger partial charge < -0.3 is 20.1 Å². The van der Waals surface area contributed by atoms with Gasteiger partial charge in [-0.15, -0.1) is 0 Å². The van der Waals surface area contributed by atoms with Gasteiger partial charge in [-0.2, -0.15) is 0 Å². The monoisotopic (exact) mass is 266 g/mol. The van der Waals surface area contributed by atoms with Crippen LogP contribution in [0.2, 0.25) is 0 Å². The summed E-state index contributed by atoms with van der Waals surface area (Å²) < 4.78 is 4.70. The van der Waals surface area contributed by atoms with Crippen molar-refractivity contribution in [3.63, 3.8) is 0 Å². The van der Waals surface area contributed by atoms with E-state index in [9.17, 15) is 9.59 Å². The van der Waals surface area contributed by atoms with Gasteiger partial charge in [0.25, 0.3) is 0 Å². The van der Waals surface area contributed by atoms with E-state index in [0.717, 1.165) is 12.1 Å². The van der Waals surface area contributed by atoms with Gasteiger partial charge >= 0.3 is 5.97 Å². The van der Waals surface area contributed by atoms with Crippen molar-refractivity contribution in [1.29, 1.82) is 0 Å². The SMILES string of the molecule is CN(C)Cc1cccc(NC(=O)COCC(=O)O)c1. The second kappa shape index (κ2) is 7.50. The molecule has 0 saturated carbocycles. The highest BCUT2D eigenvalue weighted by Crippen LogP contribution is 2.11. The van der Waals surface area contributed by atoms with E-state index < -0.39 is 12.6 Å². The fourth-order valence-electron chi connectivity index (χ4n) is 1.54. The van der Waals surface area contributed by atoms with E-state index in [-0.39, 0.29) is 12.5 Å². The van der Waals surface area contributed by atoms with Crippen molar-refractivity contribution < 1.29 is 19.4 Å². The summed E-state index contributed by atoms with van der Waals surface area (Å²) in [6.45, 7) is 0.0253. The lowest BCUT2D eigenvalue weighted by Gasteiger charge is -2.11. The van der Waals surface area contributed by atoms with Crippen molar-refractivity contribution >= 4 is 17.6 Å². The number of carbonyl (C=O) groups excluding carboxylic acids is 1. The summed E-state index contributed by atoms with van der Waals surface area (Å²) in [4.78, 5) is 23.7. The lowest BCUT2D eigenvalue weighted by Crippen LogP contribution is -2.20. The Morgan fingerprint density at radius 2 is 2.05 bits per heavy atom. The second-order valence-corrected chi connectivity index (χ2v) is 4.37. The van der Waals surface area contributed by atoms with Crippen LogP contribution in [0.5, 0.6) is 0 Å². The fourth-order valence-corrected chi connectivity index (χ4v) is 1.54. The summed E-state index contributed by atoms with van der Waals surface area (Å²) in [7, 11) is 3.93. The highest BCUT2D eigenvalue weighted by molar-refractivity contribution is 5.91. The Balaban J connectivity index is 2.47. The minimum atomic E-state index is -1.10. The van der Waals surface area contributed by atoms with Crippen LogP contribution in [0.3, 0.4) is 0 Å². The molecule has 6 heteroatoms. The molecule has 0 aliphatic carbocycles. The van der Waals surface area contributed by atoms with Crippen molar-refractivity contribution in [2.24, 2.45) is 0 Å². The maximum atomic E-state index is 11.5. The van der Waals surface area contributed by atoms with Gasteiger partial charge in [-0.3, -0.25) is 4.79 Å². The molecule has 1 aromatic carbocycles. The minimum Gasteiger partial charge on any atom is -0.480 e. The number of aliphatic carboxylic acids is 1. The maximum Gasteiger partial charge on any atom is 0.329 e. The molecule has 6 nitrogen and oxygen atoms in total. The number of nitrogens with zero attached hydrogens (tertiary/aromatic N) is 1. The molecule has 0 atom stereocenters. The highest BCUT2D eigenvalue weighted by Gasteiger charge is 2.05. The summed E-state index contributed by atoms with van der Waals surface area (Å²) in [6.07, 6.45) is 0. The van der Waals surface area contributed by atoms with Gasteiger partial charge in [0.1, 0.15) is 13.2 Å². The zero-order chi connectivity index (χ0) is 14.3. The van der Waals surface area contributed by atoms with E-state index >= 15 is 0 Å². The second-order valence-electron chi connectivity index (χ2n) is 4.37. The number of ether oxygens (including phenoxy) is 1. The van der Waals surface area contributed by atoms with E-state index in [2.05, 4.69) is 5.32 Å². The Bertz CT molecular complexity index is 446. The van der Waals surface area contributed by atoms with Crippen LogP contribution in [0.4, 0.5) is 5.69 Å². The normalized spacial score (nSPS) is 10.5. The molecule has 1 rings (SSSR count). The number of carboxylic acid groups (broad SMARTS) is 1. The Morgan fingerprint density at radius 3 is 2.68 bits per heavy atom. The number of amides is 1. The number of hydrogen-bond acceptors (Lipinski definition) is 4. The van der Waals surface area contributed by atoms with E-state index in [0.29, 0.717) is 5.69 Å². The molecule has 1 aromatic rings. The topological polar surface area (TPSA) is 78.9 Å². The number of hydrogen-bond donors (Lipinski definition) is 2. The first kappa shape index (κ1) is 15.1. The molecule has 0 aliphatic heterocycles. The van der Waals surface area contributed by atoms with Gasteiger partial charge in [0.15, 0.2) is 0 Å². The third-order valence-corrected chi connectivity index (χ3v) is 2.17. The van der Waals surface area contributed by atoms with Crippen LogP contribution in [0.1, 0.15) is 5.56 Å². The third kappa shape index (κ3) is 6.54. The summed E-state index contributed by atoms with van der Waals surface area (Å²) in [5, 5.41) is 11.0. The molecule has 0 heterocycles. The van der Waals surface area contributed by atoms with Crippen molar-refractivity contribution in [3.8, 4) is 0 Å². The molecule has 0 radical (unpaired) electrons. The molecule has 0 aliphatic rings. The van der Waals surface area contributed by atoms with Gasteiger partial charge in [-0.05, 0) is 31.8 Å². The molecule has 0 spiro atoms. The van der Waals surface area contributed by atoms with Crippen LogP contribution in [0.15, 0.2) is 24.3 Å². The Morgan fingerprint density at radius 1 is 1.32 bits per heavy atom. The first-order chi connectivity index (χ1) is 8.97. The summed E-state index contributed by atoms with van der Waals surface area (Å²) in [6, 6.07) is 7.46. The smallest absolute Gasteiger partial charge is 0.329 e. The van der Waals surface area contributed by atoms with Crippen molar-refractivity contribution in [3.05, 3.63) is 29.8 Å². The predicted molar refractivity (Wildman–Crippen MR) is 70.9 cm³/mol. The quantitative estimate of drug-likeness (QED) is 0.762.